The van der Waals surface area contributed by atoms with Crippen LogP contribution in [0.5, 0.6) is 5.75 Å². The van der Waals surface area contributed by atoms with Crippen molar-refractivity contribution in [2.75, 3.05) is 20.2 Å². The number of amides is 1. The second-order valence-corrected chi connectivity index (χ2v) is 4.18. The van der Waals surface area contributed by atoms with Gasteiger partial charge in [-0.3, -0.25) is 4.79 Å². The van der Waals surface area contributed by atoms with Crippen LogP contribution in [0.25, 0.3) is 0 Å². The molecule has 0 saturated heterocycles. The Kier molecular flexibility index (Phi) is 4.80. The summed E-state index contributed by atoms with van der Waals surface area (Å²) < 4.78 is 5.92. The van der Waals surface area contributed by atoms with E-state index in [9.17, 15) is 4.79 Å². The molecule has 0 spiro atoms. The summed E-state index contributed by atoms with van der Waals surface area (Å²) in [5.41, 5.74) is 0.677. The van der Waals surface area contributed by atoms with Gasteiger partial charge in [-0.05, 0) is 48.0 Å². The van der Waals surface area contributed by atoms with Gasteiger partial charge in [-0.25, -0.2) is 0 Å². The van der Waals surface area contributed by atoms with Gasteiger partial charge in [-0.2, -0.15) is 0 Å². The van der Waals surface area contributed by atoms with Crippen LogP contribution in [-0.2, 0) is 0 Å². The van der Waals surface area contributed by atoms with E-state index in [2.05, 4.69) is 15.9 Å². The molecule has 1 rings (SSSR count). The highest BCUT2D eigenvalue weighted by molar-refractivity contribution is 9.10. The number of hydrogen-bond acceptors (Lipinski definition) is 2. The summed E-state index contributed by atoms with van der Waals surface area (Å²) in [5.74, 6) is 0.782. The van der Waals surface area contributed by atoms with Crippen molar-refractivity contribution in [1.82, 2.24) is 4.90 Å². The van der Waals surface area contributed by atoms with Crippen molar-refractivity contribution in [2.45, 2.75) is 13.8 Å². The Morgan fingerprint density at radius 1 is 1.38 bits per heavy atom. The van der Waals surface area contributed by atoms with E-state index in [4.69, 9.17) is 4.74 Å². The normalized spacial score (nSPS) is 10.0. The highest BCUT2D eigenvalue weighted by Gasteiger charge is 2.13. The van der Waals surface area contributed by atoms with E-state index in [1.165, 1.54) is 0 Å². The van der Waals surface area contributed by atoms with Crippen LogP contribution in [0.2, 0.25) is 0 Å². The average molecular weight is 286 g/mol. The quantitative estimate of drug-likeness (QED) is 0.851. The molecule has 88 valence electrons. The van der Waals surface area contributed by atoms with Crippen molar-refractivity contribution in [2.24, 2.45) is 0 Å². The topological polar surface area (TPSA) is 29.5 Å². The number of carbonyl (C=O) groups excluding carboxylic acids is 1. The van der Waals surface area contributed by atoms with Gasteiger partial charge in [-0.15, -0.1) is 0 Å². The van der Waals surface area contributed by atoms with Gasteiger partial charge in [0.25, 0.3) is 5.91 Å². The fraction of sp³-hybridized carbons (Fsp3) is 0.417. The second-order valence-electron chi connectivity index (χ2n) is 3.33. The van der Waals surface area contributed by atoms with Crippen molar-refractivity contribution in [3.63, 3.8) is 0 Å². The number of carbonyl (C=O) groups is 1. The molecule has 0 heterocycles. The van der Waals surface area contributed by atoms with Crippen LogP contribution in [0.4, 0.5) is 0 Å². The summed E-state index contributed by atoms with van der Waals surface area (Å²) >= 11 is 3.37. The summed E-state index contributed by atoms with van der Waals surface area (Å²) in [7, 11) is 1.60. The molecule has 0 aliphatic carbocycles. The minimum atomic E-state index is 0.0494. The molecule has 0 aromatic heterocycles. The first-order chi connectivity index (χ1) is 7.63. The summed E-state index contributed by atoms with van der Waals surface area (Å²) in [5, 5.41) is 0. The van der Waals surface area contributed by atoms with E-state index in [0.29, 0.717) is 5.56 Å². The molecule has 0 atom stereocenters. The third kappa shape index (κ3) is 2.76. The van der Waals surface area contributed by atoms with Crippen molar-refractivity contribution < 1.29 is 9.53 Å². The predicted molar refractivity (Wildman–Crippen MR) is 67.9 cm³/mol. The molecule has 4 heteroatoms. The van der Waals surface area contributed by atoms with Crippen LogP contribution in [-0.4, -0.2) is 31.0 Å². The number of hydrogen-bond donors (Lipinski definition) is 0. The van der Waals surface area contributed by atoms with E-state index in [1.54, 1.807) is 30.2 Å². The zero-order valence-electron chi connectivity index (χ0n) is 9.79. The first kappa shape index (κ1) is 13.0. The number of halogens is 1. The lowest BCUT2D eigenvalue weighted by Crippen LogP contribution is -2.30. The van der Waals surface area contributed by atoms with E-state index in [-0.39, 0.29) is 5.91 Å². The lowest BCUT2D eigenvalue weighted by Gasteiger charge is -2.18. The Morgan fingerprint density at radius 2 is 2.00 bits per heavy atom. The zero-order valence-corrected chi connectivity index (χ0v) is 11.4. The van der Waals surface area contributed by atoms with Crippen LogP contribution in [0.15, 0.2) is 22.7 Å². The van der Waals surface area contributed by atoms with Crippen molar-refractivity contribution >= 4 is 21.8 Å². The fourth-order valence-corrected chi connectivity index (χ4v) is 2.03. The van der Waals surface area contributed by atoms with E-state index in [0.717, 1.165) is 23.3 Å². The minimum Gasteiger partial charge on any atom is -0.496 e. The third-order valence-corrected chi connectivity index (χ3v) is 3.07. The van der Waals surface area contributed by atoms with Gasteiger partial charge in [0.1, 0.15) is 5.75 Å². The zero-order chi connectivity index (χ0) is 12.1. The summed E-state index contributed by atoms with van der Waals surface area (Å²) in [6.07, 6.45) is 0. The molecule has 0 bridgehead atoms. The van der Waals surface area contributed by atoms with Crippen molar-refractivity contribution in [3.8, 4) is 5.75 Å². The summed E-state index contributed by atoms with van der Waals surface area (Å²) in [4.78, 5) is 13.8. The molecule has 3 nitrogen and oxygen atoms in total. The first-order valence-corrected chi connectivity index (χ1v) is 6.06. The first-order valence-electron chi connectivity index (χ1n) is 5.26. The van der Waals surface area contributed by atoms with Gasteiger partial charge < -0.3 is 9.64 Å². The fourth-order valence-electron chi connectivity index (χ4n) is 1.49. The smallest absolute Gasteiger partial charge is 0.253 e. The highest BCUT2D eigenvalue weighted by atomic mass is 79.9. The maximum Gasteiger partial charge on any atom is 0.253 e. The van der Waals surface area contributed by atoms with Gasteiger partial charge in [0.2, 0.25) is 0 Å². The SMILES string of the molecule is CCN(CC)C(=O)c1ccc(OC)c(Br)c1. The summed E-state index contributed by atoms with van der Waals surface area (Å²) in [6.45, 7) is 5.39. The van der Waals surface area contributed by atoms with Crippen LogP contribution in [0.3, 0.4) is 0 Å². The van der Waals surface area contributed by atoms with Crippen LogP contribution in [0, 0.1) is 0 Å². The van der Waals surface area contributed by atoms with Gasteiger partial charge in [0.05, 0.1) is 11.6 Å². The Bertz CT molecular complexity index is 375. The Balaban J connectivity index is 2.96. The molecule has 0 saturated carbocycles. The predicted octanol–water partition coefficient (Wildman–Crippen LogP) is 2.94. The Morgan fingerprint density at radius 3 is 2.44 bits per heavy atom. The molecule has 1 amide bonds. The molecule has 0 fully saturated rings. The van der Waals surface area contributed by atoms with Gasteiger partial charge >= 0.3 is 0 Å². The lowest BCUT2D eigenvalue weighted by molar-refractivity contribution is 0.0773. The number of nitrogens with zero attached hydrogens (tertiary/aromatic N) is 1. The number of benzene rings is 1. The molecule has 16 heavy (non-hydrogen) atoms. The molecule has 0 aliphatic rings. The van der Waals surface area contributed by atoms with Gasteiger partial charge in [0, 0.05) is 18.7 Å². The number of rotatable bonds is 4. The average Bonchev–Trinajstić information content (AvgIpc) is 2.30. The Labute approximate surface area is 105 Å². The monoisotopic (exact) mass is 285 g/mol. The lowest BCUT2D eigenvalue weighted by atomic mass is 10.2. The molecular formula is C12H16BrNO2. The van der Waals surface area contributed by atoms with E-state index < -0.39 is 0 Å². The maximum atomic E-state index is 12.0. The second kappa shape index (κ2) is 5.89. The van der Waals surface area contributed by atoms with Gasteiger partial charge in [-0.1, -0.05) is 0 Å². The molecule has 0 aliphatic heterocycles. The largest absolute Gasteiger partial charge is 0.496 e. The van der Waals surface area contributed by atoms with Gasteiger partial charge in [0.15, 0.2) is 0 Å². The molecular weight excluding hydrogens is 270 g/mol. The minimum absolute atomic E-state index is 0.0494. The van der Waals surface area contributed by atoms with Crippen LogP contribution >= 0.6 is 15.9 Å². The van der Waals surface area contributed by atoms with E-state index >= 15 is 0 Å². The van der Waals surface area contributed by atoms with Crippen LogP contribution in [0.1, 0.15) is 24.2 Å². The number of methoxy groups -OCH3 is 1. The maximum absolute atomic E-state index is 12.0. The van der Waals surface area contributed by atoms with Crippen molar-refractivity contribution in [3.05, 3.63) is 28.2 Å². The summed E-state index contributed by atoms with van der Waals surface area (Å²) in [6, 6.07) is 5.37. The van der Waals surface area contributed by atoms with Crippen LogP contribution < -0.4 is 4.74 Å². The number of ether oxygens (including phenoxy) is 1. The molecule has 1 aromatic rings. The third-order valence-electron chi connectivity index (χ3n) is 2.45. The Hall–Kier alpha value is -1.03. The molecule has 1 aromatic carbocycles. The van der Waals surface area contributed by atoms with Crippen molar-refractivity contribution in [1.29, 1.82) is 0 Å². The standard InChI is InChI=1S/C12H16BrNO2/c1-4-14(5-2)12(15)9-6-7-11(16-3)10(13)8-9/h6-8H,4-5H2,1-3H3. The van der Waals surface area contributed by atoms with E-state index in [1.807, 2.05) is 13.8 Å². The highest BCUT2D eigenvalue weighted by Crippen LogP contribution is 2.25. The molecule has 0 unspecified atom stereocenters. The molecule has 0 N–H and O–H groups in total. The molecule has 0 radical (unpaired) electrons.